The van der Waals surface area contributed by atoms with E-state index in [1.165, 1.54) is 0 Å². The summed E-state index contributed by atoms with van der Waals surface area (Å²) in [4.78, 5) is 12.0. The van der Waals surface area contributed by atoms with Crippen LogP contribution in [0.3, 0.4) is 0 Å². The van der Waals surface area contributed by atoms with Crippen LogP contribution in [-0.2, 0) is 14.0 Å². The Labute approximate surface area is 110 Å². The minimum absolute atomic E-state index is 0.281. The van der Waals surface area contributed by atoms with Gasteiger partial charge in [-0.15, -0.1) is 0 Å². The largest absolute Gasteiger partial charge is 0.466 e. The lowest BCUT2D eigenvalue weighted by atomic mass is 9.76. The summed E-state index contributed by atoms with van der Waals surface area (Å²) in [6.45, 7) is 8.27. The second kappa shape index (κ2) is 5.85. The van der Waals surface area contributed by atoms with Crippen LogP contribution >= 0.6 is 0 Å². The van der Waals surface area contributed by atoms with E-state index in [4.69, 9.17) is 9.16 Å². The first-order valence-corrected chi connectivity index (χ1v) is 10.0. The number of ether oxygens (including phenoxy) is 1. The molecule has 0 bridgehead atoms. The van der Waals surface area contributed by atoms with Gasteiger partial charge in [0.05, 0.1) is 18.6 Å². The van der Waals surface area contributed by atoms with Crippen LogP contribution in [0.15, 0.2) is 0 Å². The lowest BCUT2D eigenvalue weighted by molar-refractivity contribution is -0.156. The van der Waals surface area contributed by atoms with E-state index < -0.39 is 19.8 Å². The summed E-state index contributed by atoms with van der Waals surface area (Å²) in [5.41, 5.74) is -0.963. The molecule has 0 heterocycles. The molecule has 0 saturated heterocycles. The molecule has 1 aliphatic carbocycles. The molecule has 18 heavy (non-hydrogen) atoms. The van der Waals surface area contributed by atoms with Crippen molar-refractivity contribution in [3.05, 3.63) is 0 Å². The predicted molar refractivity (Wildman–Crippen MR) is 71.4 cm³/mol. The van der Waals surface area contributed by atoms with Gasteiger partial charge in [0.25, 0.3) is 0 Å². The molecule has 0 amide bonds. The first kappa shape index (κ1) is 15.2. The van der Waals surface area contributed by atoms with E-state index in [1.807, 2.05) is 19.6 Å². The maximum Gasteiger partial charge on any atom is 0.312 e. The van der Waals surface area contributed by atoms with Crippen LogP contribution in [0, 0.1) is 17.2 Å². The molecule has 0 spiro atoms. The van der Waals surface area contributed by atoms with E-state index in [-0.39, 0.29) is 5.97 Å². The summed E-state index contributed by atoms with van der Waals surface area (Å²) < 4.78 is 11.2. The van der Waals surface area contributed by atoms with Crippen molar-refractivity contribution in [1.82, 2.24) is 0 Å². The van der Waals surface area contributed by atoms with Gasteiger partial charge in [0.15, 0.2) is 13.9 Å². The molecule has 5 heteroatoms. The highest BCUT2D eigenvalue weighted by Gasteiger charge is 2.49. The smallest absolute Gasteiger partial charge is 0.312 e. The fourth-order valence-corrected chi connectivity index (χ4v) is 3.90. The number of carbonyl (C=O) groups excluding carboxylic acids is 1. The number of rotatable bonds is 4. The average molecular weight is 269 g/mol. The Kier molecular flexibility index (Phi) is 4.94. The van der Waals surface area contributed by atoms with Crippen molar-refractivity contribution in [2.24, 2.45) is 5.92 Å². The zero-order chi connectivity index (χ0) is 13.8. The van der Waals surface area contributed by atoms with Crippen molar-refractivity contribution in [2.45, 2.75) is 57.8 Å². The number of nitriles is 1. The van der Waals surface area contributed by atoms with Gasteiger partial charge < -0.3 is 9.16 Å². The Morgan fingerprint density at radius 2 is 2.11 bits per heavy atom. The van der Waals surface area contributed by atoms with Crippen molar-refractivity contribution < 1.29 is 14.0 Å². The van der Waals surface area contributed by atoms with E-state index in [2.05, 4.69) is 6.07 Å². The first-order chi connectivity index (χ1) is 8.34. The summed E-state index contributed by atoms with van der Waals surface area (Å²) in [6, 6.07) is 2.28. The van der Waals surface area contributed by atoms with Crippen LogP contribution in [0.1, 0.15) is 32.6 Å². The van der Waals surface area contributed by atoms with E-state index in [9.17, 15) is 10.1 Å². The van der Waals surface area contributed by atoms with Gasteiger partial charge in [0.1, 0.15) is 0 Å². The van der Waals surface area contributed by atoms with Crippen LogP contribution < -0.4 is 0 Å². The maximum absolute atomic E-state index is 12.0. The number of esters is 1. The molecule has 2 unspecified atom stereocenters. The minimum atomic E-state index is -1.88. The standard InChI is InChI=1S/C13H23NO3Si/c1-5-16-12(15)11-8-6-7-9-13(11,10-14)17-18(2,3)4/h11H,5-9H2,1-4H3. The normalized spacial score (nSPS) is 28.5. The predicted octanol–water partition coefficient (Wildman–Crippen LogP) is 2.85. The third kappa shape index (κ3) is 3.56. The molecule has 1 rings (SSSR count). The van der Waals surface area contributed by atoms with Gasteiger partial charge >= 0.3 is 5.97 Å². The van der Waals surface area contributed by atoms with Crippen molar-refractivity contribution in [3.8, 4) is 6.07 Å². The Morgan fingerprint density at radius 3 is 2.61 bits per heavy atom. The second-order valence-electron chi connectivity index (χ2n) is 5.77. The Hall–Kier alpha value is -0.863. The van der Waals surface area contributed by atoms with Gasteiger partial charge in [0, 0.05) is 0 Å². The second-order valence-corrected chi connectivity index (χ2v) is 10.2. The molecule has 4 nitrogen and oxygen atoms in total. The molecule has 1 aliphatic rings. The van der Waals surface area contributed by atoms with E-state index in [1.54, 1.807) is 6.92 Å². The molecule has 0 aromatic rings. The zero-order valence-electron chi connectivity index (χ0n) is 11.8. The topological polar surface area (TPSA) is 59.3 Å². The van der Waals surface area contributed by atoms with Gasteiger partial charge in [-0.2, -0.15) is 5.26 Å². The SMILES string of the molecule is CCOC(=O)C1CCCCC1(C#N)O[Si](C)(C)C. The number of hydrogen-bond acceptors (Lipinski definition) is 4. The Balaban J connectivity index is 2.97. The summed E-state index contributed by atoms with van der Waals surface area (Å²) in [5, 5.41) is 9.53. The molecule has 0 aliphatic heterocycles. The lowest BCUT2D eigenvalue weighted by Crippen LogP contribution is -2.51. The molecule has 2 atom stereocenters. The highest BCUT2D eigenvalue weighted by molar-refractivity contribution is 6.69. The number of nitrogens with zero attached hydrogens (tertiary/aromatic N) is 1. The molecular weight excluding hydrogens is 246 g/mol. The van der Waals surface area contributed by atoms with E-state index >= 15 is 0 Å². The van der Waals surface area contributed by atoms with E-state index in [0.29, 0.717) is 19.4 Å². The lowest BCUT2D eigenvalue weighted by Gasteiger charge is -2.41. The minimum Gasteiger partial charge on any atom is -0.466 e. The highest BCUT2D eigenvalue weighted by atomic mass is 28.4. The third-order valence-electron chi connectivity index (χ3n) is 3.10. The Bertz CT molecular complexity index is 345. The summed E-state index contributed by atoms with van der Waals surface area (Å²) >= 11 is 0. The first-order valence-electron chi connectivity index (χ1n) is 6.63. The maximum atomic E-state index is 12.0. The average Bonchev–Trinajstić information content (AvgIpc) is 2.27. The van der Waals surface area contributed by atoms with Gasteiger partial charge in [0.2, 0.25) is 0 Å². The molecular formula is C13H23NO3Si. The van der Waals surface area contributed by atoms with Crippen LogP contribution in [0.2, 0.25) is 19.6 Å². The molecule has 0 radical (unpaired) electrons. The fourth-order valence-electron chi connectivity index (χ4n) is 2.52. The molecule has 0 aromatic carbocycles. The van der Waals surface area contributed by atoms with Gasteiger partial charge in [-0.3, -0.25) is 4.79 Å². The highest BCUT2D eigenvalue weighted by Crippen LogP contribution is 2.39. The van der Waals surface area contributed by atoms with Crippen molar-refractivity contribution in [3.63, 3.8) is 0 Å². The monoisotopic (exact) mass is 269 g/mol. The van der Waals surface area contributed by atoms with Crippen molar-refractivity contribution in [1.29, 1.82) is 5.26 Å². The van der Waals surface area contributed by atoms with Crippen LogP contribution in [0.5, 0.6) is 0 Å². The summed E-state index contributed by atoms with van der Waals surface area (Å²) in [7, 11) is -1.88. The molecule has 102 valence electrons. The molecule has 0 aromatic heterocycles. The zero-order valence-corrected chi connectivity index (χ0v) is 12.8. The van der Waals surface area contributed by atoms with E-state index in [0.717, 1.165) is 12.8 Å². The van der Waals surface area contributed by atoms with Crippen molar-refractivity contribution in [2.75, 3.05) is 6.61 Å². The third-order valence-corrected chi connectivity index (χ3v) is 4.08. The quantitative estimate of drug-likeness (QED) is 0.581. The van der Waals surface area contributed by atoms with Crippen LogP contribution in [0.4, 0.5) is 0 Å². The number of hydrogen-bond donors (Lipinski definition) is 0. The summed E-state index contributed by atoms with van der Waals surface area (Å²) in [6.07, 6.45) is 3.23. The molecule has 1 saturated carbocycles. The van der Waals surface area contributed by atoms with Gasteiger partial charge in [-0.1, -0.05) is 6.42 Å². The number of carbonyl (C=O) groups is 1. The van der Waals surface area contributed by atoms with Crippen LogP contribution in [0.25, 0.3) is 0 Å². The van der Waals surface area contributed by atoms with Gasteiger partial charge in [-0.05, 0) is 45.8 Å². The fraction of sp³-hybridized carbons (Fsp3) is 0.846. The van der Waals surface area contributed by atoms with Crippen LogP contribution in [-0.4, -0.2) is 26.5 Å². The summed E-state index contributed by atoms with van der Waals surface area (Å²) in [5.74, 6) is -0.708. The Morgan fingerprint density at radius 1 is 1.44 bits per heavy atom. The molecule has 0 N–H and O–H groups in total. The van der Waals surface area contributed by atoms with Gasteiger partial charge in [-0.25, -0.2) is 0 Å². The van der Waals surface area contributed by atoms with Crippen molar-refractivity contribution >= 4 is 14.3 Å². The molecule has 1 fully saturated rings.